The number of hydrogen-bond acceptors (Lipinski definition) is 5. The topological polar surface area (TPSA) is 55.8 Å². The van der Waals surface area contributed by atoms with Crippen molar-refractivity contribution in [2.24, 2.45) is 0 Å². The smallest absolute Gasteiger partial charge is 0.271 e. The molecule has 0 unspecified atom stereocenters. The fourth-order valence-corrected chi connectivity index (χ4v) is 2.97. The van der Waals surface area contributed by atoms with Gasteiger partial charge in [0.2, 0.25) is 0 Å². The molecule has 7 heteroatoms. The van der Waals surface area contributed by atoms with Crippen molar-refractivity contribution in [3.8, 4) is 0 Å². The average molecular weight is 421 g/mol. The summed E-state index contributed by atoms with van der Waals surface area (Å²) in [6, 6.07) is 6.88. The molecule has 0 N–H and O–H groups in total. The van der Waals surface area contributed by atoms with E-state index in [9.17, 15) is 9.59 Å². The van der Waals surface area contributed by atoms with Gasteiger partial charge < -0.3 is 9.47 Å². The molecular formula is C14H16INO4S. The number of fused-ring (bicyclic) bond motifs is 1. The van der Waals surface area contributed by atoms with E-state index in [2.05, 4.69) is 22.6 Å². The number of alkyl halides is 1. The minimum absolute atomic E-state index is 0.244. The fourth-order valence-electron chi connectivity index (χ4n) is 1.85. The molecule has 0 aliphatic carbocycles. The molecule has 2 amide bonds. The van der Waals surface area contributed by atoms with E-state index in [-0.39, 0.29) is 11.8 Å². The summed E-state index contributed by atoms with van der Waals surface area (Å²) in [5.41, 5.74) is 0.950. The van der Waals surface area contributed by atoms with Crippen LogP contribution in [0.1, 0.15) is 20.7 Å². The lowest BCUT2D eigenvalue weighted by atomic mass is 10.1. The standard InChI is InChI=1S/C14H16INO4S/c15-5-6-19-7-8-20-9-10-21-16-13(17)11-3-1-2-4-12(11)14(16)18/h1-4H,5-10H2. The zero-order chi connectivity index (χ0) is 15.1. The van der Waals surface area contributed by atoms with Gasteiger partial charge >= 0.3 is 0 Å². The van der Waals surface area contributed by atoms with Crippen LogP contribution < -0.4 is 0 Å². The molecular weight excluding hydrogens is 405 g/mol. The van der Waals surface area contributed by atoms with Gasteiger partial charge in [-0.05, 0) is 24.1 Å². The summed E-state index contributed by atoms with van der Waals surface area (Å²) in [5, 5.41) is 0. The Bertz CT molecular complexity index is 477. The third-order valence-electron chi connectivity index (χ3n) is 2.80. The highest BCUT2D eigenvalue weighted by Crippen LogP contribution is 2.27. The summed E-state index contributed by atoms with van der Waals surface area (Å²) in [6.45, 7) is 2.30. The number of benzene rings is 1. The van der Waals surface area contributed by atoms with Gasteiger partial charge in [-0.3, -0.25) is 9.59 Å². The molecule has 0 saturated heterocycles. The van der Waals surface area contributed by atoms with E-state index >= 15 is 0 Å². The molecule has 2 rings (SSSR count). The average Bonchev–Trinajstić information content (AvgIpc) is 2.75. The Balaban J connectivity index is 1.69. The molecule has 0 saturated carbocycles. The Morgan fingerprint density at radius 2 is 1.52 bits per heavy atom. The first-order valence-corrected chi connectivity index (χ1v) is 9.04. The quantitative estimate of drug-likeness (QED) is 0.202. The van der Waals surface area contributed by atoms with Crippen molar-refractivity contribution >= 4 is 46.4 Å². The molecule has 1 heterocycles. The number of carbonyl (C=O) groups is 2. The molecule has 0 spiro atoms. The summed E-state index contributed by atoms with van der Waals surface area (Å²) in [7, 11) is 0. The van der Waals surface area contributed by atoms with Gasteiger partial charge in [-0.1, -0.05) is 34.7 Å². The molecule has 0 fully saturated rings. The predicted octanol–water partition coefficient (Wildman–Crippen LogP) is 2.40. The first kappa shape index (κ1) is 16.7. The molecule has 1 aromatic carbocycles. The molecule has 1 aliphatic rings. The summed E-state index contributed by atoms with van der Waals surface area (Å²) in [6.07, 6.45) is 0. The Morgan fingerprint density at radius 3 is 2.10 bits per heavy atom. The maximum atomic E-state index is 12.1. The molecule has 1 aromatic rings. The molecule has 1 aliphatic heterocycles. The SMILES string of the molecule is O=C1c2ccccc2C(=O)N1SCCOCCOCCI. The van der Waals surface area contributed by atoms with Crippen molar-refractivity contribution in [3.05, 3.63) is 35.4 Å². The Hall–Kier alpha value is -0.640. The van der Waals surface area contributed by atoms with Gasteiger partial charge in [0, 0.05) is 10.2 Å². The number of nitrogens with zero attached hydrogens (tertiary/aromatic N) is 1. The van der Waals surface area contributed by atoms with Crippen LogP contribution in [0.4, 0.5) is 0 Å². The van der Waals surface area contributed by atoms with E-state index in [1.807, 2.05) is 0 Å². The van der Waals surface area contributed by atoms with Crippen molar-refractivity contribution in [1.29, 1.82) is 0 Å². The zero-order valence-corrected chi connectivity index (χ0v) is 14.4. The monoisotopic (exact) mass is 421 g/mol. The van der Waals surface area contributed by atoms with Crippen LogP contribution in [0.15, 0.2) is 24.3 Å². The number of carbonyl (C=O) groups excluding carboxylic acids is 2. The Kier molecular flexibility index (Phi) is 6.94. The first-order chi connectivity index (χ1) is 10.3. The Morgan fingerprint density at radius 1 is 0.952 bits per heavy atom. The van der Waals surface area contributed by atoms with E-state index < -0.39 is 0 Å². The van der Waals surface area contributed by atoms with Crippen LogP contribution in [0.3, 0.4) is 0 Å². The lowest BCUT2D eigenvalue weighted by Crippen LogP contribution is -2.23. The normalized spacial score (nSPS) is 13.9. The molecule has 0 atom stereocenters. The largest absolute Gasteiger partial charge is 0.378 e. The van der Waals surface area contributed by atoms with Crippen molar-refractivity contribution in [3.63, 3.8) is 0 Å². The fraction of sp³-hybridized carbons (Fsp3) is 0.429. The van der Waals surface area contributed by atoms with Crippen LogP contribution in [0.25, 0.3) is 0 Å². The maximum Gasteiger partial charge on any atom is 0.271 e. The minimum atomic E-state index is -0.244. The lowest BCUT2D eigenvalue weighted by Gasteiger charge is -2.12. The number of ether oxygens (including phenoxy) is 2. The third-order valence-corrected chi connectivity index (χ3v) is 4.18. The molecule has 0 radical (unpaired) electrons. The molecule has 0 aromatic heterocycles. The second kappa shape index (κ2) is 8.72. The van der Waals surface area contributed by atoms with Gasteiger partial charge in [0.1, 0.15) is 0 Å². The van der Waals surface area contributed by atoms with Crippen LogP contribution in [-0.4, -0.2) is 52.7 Å². The van der Waals surface area contributed by atoms with Crippen LogP contribution >= 0.6 is 34.5 Å². The second-order valence-electron chi connectivity index (χ2n) is 4.20. The van der Waals surface area contributed by atoms with Crippen molar-refractivity contribution in [1.82, 2.24) is 4.31 Å². The Labute approximate surface area is 141 Å². The van der Waals surface area contributed by atoms with Crippen LogP contribution in [-0.2, 0) is 9.47 Å². The molecule has 5 nitrogen and oxygen atoms in total. The lowest BCUT2D eigenvalue weighted by molar-refractivity contribution is 0.0608. The van der Waals surface area contributed by atoms with E-state index in [1.54, 1.807) is 24.3 Å². The summed E-state index contributed by atoms with van der Waals surface area (Å²) < 4.78 is 12.8. The summed E-state index contributed by atoms with van der Waals surface area (Å²) in [4.78, 5) is 24.1. The predicted molar refractivity (Wildman–Crippen MR) is 89.9 cm³/mol. The second-order valence-corrected chi connectivity index (χ2v) is 6.31. The van der Waals surface area contributed by atoms with Gasteiger partial charge in [-0.2, -0.15) is 0 Å². The number of imide groups is 1. The van der Waals surface area contributed by atoms with E-state index in [4.69, 9.17) is 9.47 Å². The van der Waals surface area contributed by atoms with E-state index in [0.717, 1.165) is 11.0 Å². The first-order valence-electron chi connectivity index (χ1n) is 6.58. The van der Waals surface area contributed by atoms with E-state index in [1.165, 1.54) is 16.3 Å². The molecule has 0 bridgehead atoms. The maximum absolute atomic E-state index is 12.1. The highest BCUT2D eigenvalue weighted by molar-refractivity contribution is 14.1. The third kappa shape index (κ3) is 4.41. The van der Waals surface area contributed by atoms with Crippen LogP contribution in [0, 0.1) is 0 Å². The molecule has 114 valence electrons. The van der Waals surface area contributed by atoms with Crippen molar-refractivity contribution in [2.75, 3.05) is 36.6 Å². The summed E-state index contributed by atoms with van der Waals surface area (Å²) >= 11 is 3.44. The zero-order valence-electron chi connectivity index (χ0n) is 11.4. The van der Waals surface area contributed by atoms with Gasteiger partial charge in [-0.15, -0.1) is 0 Å². The number of hydrogen-bond donors (Lipinski definition) is 0. The number of rotatable bonds is 9. The van der Waals surface area contributed by atoms with Crippen molar-refractivity contribution in [2.45, 2.75) is 0 Å². The van der Waals surface area contributed by atoms with Gasteiger partial charge in [-0.25, -0.2) is 4.31 Å². The van der Waals surface area contributed by atoms with Gasteiger partial charge in [0.25, 0.3) is 11.8 Å². The molecule has 21 heavy (non-hydrogen) atoms. The van der Waals surface area contributed by atoms with E-state index in [0.29, 0.717) is 36.7 Å². The van der Waals surface area contributed by atoms with Crippen LogP contribution in [0.5, 0.6) is 0 Å². The van der Waals surface area contributed by atoms with Crippen molar-refractivity contribution < 1.29 is 19.1 Å². The number of amides is 2. The van der Waals surface area contributed by atoms with Gasteiger partial charge in [0.05, 0.1) is 37.6 Å². The highest BCUT2D eigenvalue weighted by atomic mass is 127. The van der Waals surface area contributed by atoms with Crippen LogP contribution in [0.2, 0.25) is 0 Å². The number of halogens is 1. The minimum Gasteiger partial charge on any atom is -0.378 e. The summed E-state index contributed by atoms with van der Waals surface area (Å²) in [5.74, 6) is 0.0644. The highest BCUT2D eigenvalue weighted by Gasteiger charge is 2.35. The van der Waals surface area contributed by atoms with Gasteiger partial charge in [0.15, 0.2) is 0 Å².